The molecule has 0 radical (unpaired) electrons. The number of alkyl halides is 4. The number of aromatic nitrogens is 3. The van der Waals surface area contributed by atoms with E-state index < -0.39 is 35.2 Å². The number of halogens is 4. The zero-order valence-electron chi connectivity index (χ0n) is 16.6. The Morgan fingerprint density at radius 2 is 1.97 bits per heavy atom. The van der Waals surface area contributed by atoms with Gasteiger partial charge in [0.2, 0.25) is 5.82 Å². The molecule has 10 heteroatoms. The minimum Gasteiger partial charge on any atom is -0.336 e. The zero-order valence-corrected chi connectivity index (χ0v) is 16.6. The van der Waals surface area contributed by atoms with Crippen molar-refractivity contribution < 1.29 is 22.4 Å². The number of pyridine rings is 1. The van der Waals surface area contributed by atoms with Crippen LogP contribution in [0.15, 0.2) is 42.1 Å². The van der Waals surface area contributed by atoms with Gasteiger partial charge in [-0.25, -0.2) is 4.39 Å². The predicted octanol–water partition coefficient (Wildman–Crippen LogP) is 3.86. The van der Waals surface area contributed by atoms with Crippen molar-refractivity contribution in [3.05, 3.63) is 53.5 Å². The van der Waals surface area contributed by atoms with Gasteiger partial charge in [-0.3, -0.25) is 9.20 Å². The number of hydrogen-bond donors (Lipinski definition) is 0. The fourth-order valence-corrected chi connectivity index (χ4v) is 4.52. The van der Waals surface area contributed by atoms with Crippen molar-refractivity contribution in [3.63, 3.8) is 0 Å². The predicted molar refractivity (Wildman–Crippen MR) is 103 cm³/mol. The van der Waals surface area contributed by atoms with Crippen molar-refractivity contribution in [2.75, 3.05) is 13.1 Å². The normalized spacial score (nSPS) is 24.8. The van der Waals surface area contributed by atoms with Gasteiger partial charge in [0.1, 0.15) is 11.7 Å². The molecule has 1 saturated heterocycles. The molecule has 0 bridgehead atoms. The number of carbonyl (C=O) groups is 1. The zero-order chi connectivity index (χ0) is 22.4. The third-order valence-electron chi connectivity index (χ3n) is 5.99. The molecule has 1 aliphatic carbocycles. The van der Waals surface area contributed by atoms with Crippen molar-refractivity contribution in [1.82, 2.24) is 19.5 Å². The average Bonchev–Trinajstić information content (AvgIpc) is 3.15. The molecule has 0 N–H and O–H groups in total. The van der Waals surface area contributed by atoms with E-state index in [9.17, 15) is 18.0 Å². The molecule has 31 heavy (non-hydrogen) atoms. The minimum atomic E-state index is -4.62. The van der Waals surface area contributed by atoms with Crippen LogP contribution in [-0.4, -0.2) is 50.3 Å². The third-order valence-corrected chi connectivity index (χ3v) is 5.99. The van der Waals surface area contributed by atoms with Crippen LogP contribution in [-0.2, 0) is 0 Å². The van der Waals surface area contributed by atoms with Crippen LogP contribution in [0.25, 0.3) is 5.65 Å². The Bertz CT molecular complexity index is 1120. The summed E-state index contributed by atoms with van der Waals surface area (Å²) in [6.45, 7) is 1.52. The van der Waals surface area contributed by atoms with Crippen LogP contribution in [0.2, 0.25) is 0 Å². The van der Waals surface area contributed by atoms with E-state index in [1.54, 1.807) is 12.1 Å². The number of likely N-dealkylation sites (tertiary alicyclic amines) is 1. The van der Waals surface area contributed by atoms with Gasteiger partial charge in [0.05, 0.1) is 5.56 Å². The number of piperidine rings is 1. The van der Waals surface area contributed by atoms with Crippen molar-refractivity contribution in [1.29, 1.82) is 5.26 Å². The second-order valence-corrected chi connectivity index (χ2v) is 8.02. The maximum atomic E-state index is 15.1. The molecule has 1 fully saturated rings. The highest BCUT2D eigenvalue weighted by Crippen LogP contribution is 2.48. The lowest BCUT2D eigenvalue weighted by atomic mass is 9.69. The summed E-state index contributed by atoms with van der Waals surface area (Å²) in [5.74, 6) is -2.28. The molecule has 1 aliphatic heterocycles. The summed E-state index contributed by atoms with van der Waals surface area (Å²) < 4.78 is 57.0. The molecule has 0 aromatic carbocycles. The Balaban J connectivity index is 1.52. The standard InChI is InChI=1S/C21H19F4N5O/c1-20(22)8-2-3-15(21(23,24)25)17(20)14-6-9-29(10-7-14)19(31)18-28-27-16-5-4-13(11-26)12-30(16)18/h2-5,8,12,14,17H,6-7,9-10H2,1H3. The van der Waals surface area contributed by atoms with Crippen LogP contribution in [0.4, 0.5) is 17.6 Å². The van der Waals surface area contributed by atoms with E-state index in [-0.39, 0.29) is 31.8 Å². The summed E-state index contributed by atoms with van der Waals surface area (Å²) in [4.78, 5) is 14.4. The van der Waals surface area contributed by atoms with Crippen LogP contribution in [0.3, 0.4) is 0 Å². The second-order valence-electron chi connectivity index (χ2n) is 8.02. The van der Waals surface area contributed by atoms with E-state index in [0.29, 0.717) is 11.2 Å². The van der Waals surface area contributed by atoms with E-state index in [0.717, 1.165) is 12.2 Å². The highest BCUT2D eigenvalue weighted by atomic mass is 19.4. The van der Waals surface area contributed by atoms with Gasteiger partial charge in [-0.1, -0.05) is 12.2 Å². The molecule has 0 spiro atoms. The molecular weight excluding hydrogens is 414 g/mol. The van der Waals surface area contributed by atoms with Crippen LogP contribution in [0.1, 0.15) is 35.9 Å². The molecule has 2 unspecified atom stereocenters. The Labute approximate surface area is 175 Å². The molecular formula is C21H19F4N5O. The van der Waals surface area contributed by atoms with Crippen LogP contribution < -0.4 is 0 Å². The van der Waals surface area contributed by atoms with Crippen molar-refractivity contribution in [2.45, 2.75) is 31.6 Å². The number of nitriles is 1. The first-order valence-electron chi connectivity index (χ1n) is 9.81. The molecule has 1 amide bonds. The van der Waals surface area contributed by atoms with Gasteiger partial charge in [-0.05, 0) is 43.9 Å². The number of carbonyl (C=O) groups excluding carboxylic acids is 1. The Hall–Kier alpha value is -3.22. The second kappa shape index (κ2) is 7.48. The van der Waals surface area contributed by atoms with E-state index in [2.05, 4.69) is 10.2 Å². The molecule has 2 aromatic heterocycles. The molecule has 0 saturated carbocycles. The molecule has 3 heterocycles. The Morgan fingerprint density at radius 3 is 2.61 bits per heavy atom. The first-order chi connectivity index (χ1) is 14.6. The summed E-state index contributed by atoms with van der Waals surface area (Å²) in [5.41, 5.74) is -2.25. The first-order valence-corrected chi connectivity index (χ1v) is 9.81. The first kappa shape index (κ1) is 21.0. The van der Waals surface area contributed by atoms with Gasteiger partial charge in [0, 0.05) is 30.8 Å². The third kappa shape index (κ3) is 3.80. The molecule has 6 nitrogen and oxygen atoms in total. The van der Waals surface area contributed by atoms with Gasteiger partial charge < -0.3 is 4.90 Å². The van der Waals surface area contributed by atoms with Crippen LogP contribution in [0, 0.1) is 23.2 Å². The molecule has 2 aliphatic rings. The van der Waals surface area contributed by atoms with E-state index in [1.165, 1.54) is 28.5 Å². The summed E-state index contributed by atoms with van der Waals surface area (Å²) in [6.07, 6.45) is 0.532. The Morgan fingerprint density at radius 1 is 1.26 bits per heavy atom. The number of amides is 1. The molecule has 2 aromatic rings. The van der Waals surface area contributed by atoms with Crippen molar-refractivity contribution >= 4 is 11.6 Å². The monoisotopic (exact) mass is 433 g/mol. The van der Waals surface area contributed by atoms with Gasteiger partial charge in [-0.2, -0.15) is 18.4 Å². The maximum absolute atomic E-state index is 15.1. The lowest BCUT2D eigenvalue weighted by molar-refractivity contribution is -0.111. The fraction of sp³-hybridized carbons (Fsp3) is 0.429. The van der Waals surface area contributed by atoms with E-state index in [1.807, 2.05) is 6.07 Å². The molecule has 4 rings (SSSR count). The van der Waals surface area contributed by atoms with Gasteiger partial charge >= 0.3 is 6.18 Å². The number of nitrogens with zero attached hydrogens (tertiary/aromatic N) is 5. The van der Waals surface area contributed by atoms with Gasteiger partial charge in [0.15, 0.2) is 5.65 Å². The maximum Gasteiger partial charge on any atom is 0.413 e. The lowest BCUT2D eigenvalue weighted by Crippen LogP contribution is -2.46. The highest BCUT2D eigenvalue weighted by Gasteiger charge is 2.51. The molecule has 162 valence electrons. The number of rotatable bonds is 2. The van der Waals surface area contributed by atoms with Crippen LogP contribution in [0.5, 0.6) is 0 Å². The highest BCUT2D eigenvalue weighted by molar-refractivity contribution is 5.91. The smallest absolute Gasteiger partial charge is 0.336 e. The summed E-state index contributed by atoms with van der Waals surface area (Å²) >= 11 is 0. The Kier molecular flexibility index (Phi) is 5.07. The van der Waals surface area contributed by atoms with E-state index >= 15 is 4.39 Å². The summed E-state index contributed by atoms with van der Waals surface area (Å²) in [6, 6.07) is 5.11. The quantitative estimate of drug-likeness (QED) is 0.675. The van der Waals surface area contributed by atoms with E-state index in [4.69, 9.17) is 5.26 Å². The number of fused-ring (bicyclic) bond motifs is 1. The number of hydrogen-bond acceptors (Lipinski definition) is 4. The minimum absolute atomic E-state index is 0.0253. The van der Waals surface area contributed by atoms with Gasteiger partial charge in [0.25, 0.3) is 5.91 Å². The summed E-state index contributed by atoms with van der Waals surface area (Å²) in [7, 11) is 0. The summed E-state index contributed by atoms with van der Waals surface area (Å²) in [5, 5.41) is 16.9. The van der Waals surface area contributed by atoms with Crippen LogP contribution >= 0.6 is 0 Å². The average molecular weight is 433 g/mol. The lowest BCUT2D eigenvalue weighted by Gasteiger charge is -2.42. The van der Waals surface area contributed by atoms with Crippen molar-refractivity contribution in [3.8, 4) is 6.07 Å². The largest absolute Gasteiger partial charge is 0.413 e. The molecule has 2 atom stereocenters. The SMILES string of the molecule is CC1(F)C=CC=C(C(F)(F)F)C1C1CCN(C(=O)c2nnc3ccc(C#N)cn23)CC1. The fourth-order valence-electron chi connectivity index (χ4n) is 4.52. The van der Waals surface area contributed by atoms with Crippen molar-refractivity contribution in [2.24, 2.45) is 11.8 Å². The number of allylic oxidation sites excluding steroid dienone is 4. The van der Waals surface area contributed by atoms with Gasteiger partial charge in [-0.15, -0.1) is 10.2 Å². The topological polar surface area (TPSA) is 74.3 Å².